The first-order valence-corrected chi connectivity index (χ1v) is 10.3. The van der Waals surface area contributed by atoms with Gasteiger partial charge in [0.25, 0.3) is 0 Å². The first-order valence-electron chi connectivity index (χ1n) is 10.3. The van der Waals surface area contributed by atoms with Crippen LogP contribution in [0.5, 0.6) is 0 Å². The third-order valence-corrected chi connectivity index (χ3v) is 5.72. The molecule has 1 saturated carbocycles. The third-order valence-electron chi connectivity index (χ3n) is 5.72. The number of nitrogens with two attached hydrogens (primary N) is 1. The normalized spacial score (nSPS) is 23.1. The predicted octanol–water partition coefficient (Wildman–Crippen LogP) is 2.96. The maximum Gasteiger partial charge on any atom is 0.225 e. The number of nitrogens with one attached hydrogen (secondary N) is 2. The molecule has 2 fully saturated rings. The Morgan fingerprint density at radius 1 is 0.926 bits per heavy atom. The predicted molar refractivity (Wildman–Crippen MR) is 109 cm³/mol. The highest BCUT2D eigenvalue weighted by atomic mass is 16.2. The van der Waals surface area contributed by atoms with Gasteiger partial charge in [0.2, 0.25) is 11.8 Å². The van der Waals surface area contributed by atoms with Crippen molar-refractivity contribution in [3.05, 3.63) is 24.3 Å². The molecule has 1 saturated heterocycles. The van der Waals surface area contributed by atoms with Crippen LogP contribution in [0.3, 0.4) is 0 Å². The summed E-state index contributed by atoms with van der Waals surface area (Å²) in [6, 6.07) is 7.46. The summed E-state index contributed by atoms with van der Waals surface area (Å²) >= 11 is 0. The molecule has 0 bridgehead atoms. The average molecular weight is 373 g/mol. The second-order valence-corrected chi connectivity index (χ2v) is 7.88. The van der Waals surface area contributed by atoms with Crippen molar-refractivity contribution < 1.29 is 9.59 Å². The highest BCUT2D eigenvalue weighted by molar-refractivity contribution is 5.93. The van der Waals surface area contributed by atoms with Crippen molar-refractivity contribution in [1.29, 1.82) is 0 Å². The van der Waals surface area contributed by atoms with Crippen LogP contribution >= 0.6 is 0 Å². The highest BCUT2D eigenvalue weighted by Crippen LogP contribution is 2.27. The van der Waals surface area contributed by atoms with Gasteiger partial charge in [0.15, 0.2) is 0 Å². The molecule has 1 heterocycles. The molecule has 0 aromatic heterocycles. The van der Waals surface area contributed by atoms with Crippen molar-refractivity contribution in [1.82, 2.24) is 4.90 Å². The summed E-state index contributed by atoms with van der Waals surface area (Å²) in [7, 11) is 0. The van der Waals surface area contributed by atoms with Crippen LogP contribution in [0.4, 0.5) is 11.4 Å². The van der Waals surface area contributed by atoms with E-state index in [9.17, 15) is 9.59 Å². The summed E-state index contributed by atoms with van der Waals surface area (Å²) in [5.41, 5.74) is 7.54. The molecule has 6 nitrogen and oxygen atoms in total. The van der Waals surface area contributed by atoms with Crippen LogP contribution in [-0.2, 0) is 9.59 Å². The molecule has 2 aliphatic rings. The molecule has 0 radical (unpaired) electrons. The van der Waals surface area contributed by atoms with Gasteiger partial charge >= 0.3 is 0 Å². The topological polar surface area (TPSA) is 87.5 Å². The molecular formula is C21H32N4O2. The molecule has 27 heavy (non-hydrogen) atoms. The Kier molecular flexibility index (Phi) is 7.24. The van der Waals surface area contributed by atoms with E-state index in [1.165, 1.54) is 19.3 Å². The van der Waals surface area contributed by atoms with Crippen LogP contribution in [0.15, 0.2) is 24.3 Å². The zero-order valence-corrected chi connectivity index (χ0v) is 16.1. The van der Waals surface area contributed by atoms with E-state index in [1.54, 1.807) is 0 Å². The van der Waals surface area contributed by atoms with E-state index in [0.717, 1.165) is 50.3 Å². The molecule has 4 N–H and O–H groups in total. The number of anilines is 2. The first kappa shape index (κ1) is 19.8. The average Bonchev–Trinajstić information content (AvgIpc) is 3.07. The fraction of sp³-hybridized carbons (Fsp3) is 0.619. The van der Waals surface area contributed by atoms with Crippen molar-refractivity contribution in [3.8, 4) is 0 Å². The fourth-order valence-corrected chi connectivity index (χ4v) is 4.07. The smallest absolute Gasteiger partial charge is 0.225 e. The molecule has 1 aliphatic carbocycles. The van der Waals surface area contributed by atoms with Gasteiger partial charge in [-0.25, -0.2) is 0 Å². The minimum atomic E-state index is 0.00988. The van der Waals surface area contributed by atoms with Crippen molar-refractivity contribution >= 4 is 23.2 Å². The summed E-state index contributed by atoms with van der Waals surface area (Å²) in [5.74, 6) is 0.340. The van der Waals surface area contributed by atoms with Gasteiger partial charge in [-0.15, -0.1) is 0 Å². The summed E-state index contributed by atoms with van der Waals surface area (Å²) in [6.45, 7) is 3.03. The Bertz CT molecular complexity index is 626. The lowest BCUT2D eigenvalue weighted by Gasteiger charge is -2.25. The number of hydrogen-bond donors (Lipinski definition) is 3. The molecule has 148 valence electrons. The molecule has 3 rings (SSSR count). The van der Waals surface area contributed by atoms with Crippen LogP contribution in [-0.4, -0.2) is 42.4 Å². The standard InChI is InChI=1S/C21H32N4O2/c22-19-6-4-5-16(19)15-21(27)24-18-9-7-17(8-10-18)23-20(26)11-14-25-12-2-1-3-13-25/h7-10,16,19H,1-6,11-15,22H2,(H,23,26)(H,24,27)/t16-,19+/m0/s1. The van der Waals surface area contributed by atoms with Gasteiger partial charge in [-0.1, -0.05) is 12.8 Å². The molecule has 1 aromatic carbocycles. The number of piperidine rings is 1. The monoisotopic (exact) mass is 372 g/mol. The Balaban J connectivity index is 1.39. The Morgan fingerprint density at radius 3 is 2.15 bits per heavy atom. The number of benzene rings is 1. The summed E-state index contributed by atoms with van der Waals surface area (Å²) < 4.78 is 0. The molecule has 2 amide bonds. The van der Waals surface area contributed by atoms with Crippen LogP contribution in [0.1, 0.15) is 51.4 Å². The van der Waals surface area contributed by atoms with E-state index in [4.69, 9.17) is 5.73 Å². The number of hydrogen-bond acceptors (Lipinski definition) is 4. The van der Waals surface area contributed by atoms with E-state index >= 15 is 0 Å². The second kappa shape index (κ2) is 9.85. The van der Waals surface area contributed by atoms with Gasteiger partial charge in [-0.2, -0.15) is 0 Å². The fourth-order valence-electron chi connectivity index (χ4n) is 4.07. The second-order valence-electron chi connectivity index (χ2n) is 7.88. The molecule has 0 unspecified atom stereocenters. The number of likely N-dealkylation sites (tertiary alicyclic amines) is 1. The lowest BCUT2D eigenvalue weighted by Crippen LogP contribution is -2.32. The molecular weight excluding hydrogens is 340 g/mol. The molecule has 2 atom stereocenters. The van der Waals surface area contributed by atoms with E-state index in [2.05, 4.69) is 15.5 Å². The lowest BCUT2D eigenvalue weighted by molar-refractivity contribution is -0.117. The van der Waals surface area contributed by atoms with Gasteiger partial charge in [-0.3, -0.25) is 9.59 Å². The largest absolute Gasteiger partial charge is 0.327 e. The SMILES string of the molecule is N[C@@H]1CCC[C@H]1CC(=O)Nc1ccc(NC(=O)CCN2CCCCC2)cc1. The molecule has 1 aromatic rings. The molecule has 1 aliphatic heterocycles. The third kappa shape index (κ3) is 6.33. The Morgan fingerprint density at radius 2 is 1.56 bits per heavy atom. The molecule has 6 heteroatoms. The van der Waals surface area contributed by atoms with Gasteiger partial charge in [0.05, 0.1) is 0 Å². The van der Waals surface area contributed by atoms with Crippen molar-refractivity contribution in [3.63, 3.8) is 0 Å². The van der Waals surface area contributed by atoms with Crippen LogP contribution in [0, 0.1) is 5.92 Å². The minimum Gasteiger partial charge on any atom is -0.327 e. The number of nitrogens with zero attached hydrogens (tertiary/aromatic N) is 1. The van der Waals surface area contributed by atoms with Crippen molar-refractivity contribution in [2.75, 3.05) is 30.3 Å². The Hall–Kier alpha value is -1.92. The van der Waals surface area contributed by atoms with E-state index in [1.807, 2.05) is 24.3 Å². The van der Waals surface area contributed by atoms with Crippen molar-refractivity contribution in [2.45, 2.75) is 57.4 Å². The van der Waals surface area contributed by atoms with Gasteiger partial charge < -0.3 is 21.3 Å². The first-order chi connectivity index (χ1) is 13.1. The van der Waals surface area contributed by atoms with Gasteiger partial charge in [-0.05, 0) is 69.0 Å². The highest BCUT2D eigenvalue weighted by Gasteiger charge is 2.26. The van der Waals surface area contributed by atoms with E-state index < -0.39 is 0 Å². The molecule has 0 spiro atoms. The van der Waals surface area contributed by atoms with E-state index in [-0.39, 0.29) is 17.9 Å². The summed E-state index contributed by atoms with van der Waals surface area (Å²) in [4.78, 5) is 26.7. The quantitative estimate of drug-likeness (QED) is 0.687. The Labute approximate surface area is 161 Å². The summed E-state index contributed by atoms with van der Waals surface area (Å²) in [5, 5.41) is 5.86. The summed E-state index contributed by atoms with van der Waals surface area (Å²) in [6.07, 6.45) is 7.95. The maximum absolute atomic E-state index is 12.2. The van der Waals surface area contributed by atoms with Crippen LogP contribution in [0.2, 0.25) is 0 Å². The lowest BCUT2D eigenvalue weighted by atomic mass is 10.00. The minimum absolute atomic E-state index is 0.00988. The van der Waals surface area contributed by atoms with Crippen LogP contribution < -0.4 is 16.4 Å². The van der Waals surface area contributed by atoms with Crippen molar-refractivity contribution in [2.24, 2.45) is 11.7 Å². The van der Waals surface area contributed by atoms with Gasteiger partial charge in [0, 0.05) is 36.8 Å². The number of carbonyl (C=O) groups is 2. The zero-order valence-electron chi connectivity index (χ0n) is 16.1. The van der Waals surface area contributed by atoms with Crippen LogP contribution in [0.25, 0.3) is 0 Å². The maximum atomic E-state index is 12.2. The number of carbonyl (C=O) groups excluding carboxylic acids is 2. The number of rotatable bonds is 7. The number of amides is 2. The zero-order chi connectivity index (χ0) is 19.1. The van der Waals surface area contributed by atoms with E-state index in [0.29, 0.717) is 18.8 Å². The van der Waals surface area contributed by atoms with Gasteiger partial charge in [0.1, 0.15) is 0 Å².